The highest BCUT2D eigenvalue weighted by Crippen LogP contribution is 2.54. The van der Waals surface area contributed by atoms with Crippen molar-refractivity contribution >= 4 is 32.0 Å². The standard InChI is InChI=1S/C13H16BrFN2O4S/c14-13(4-5-13)10-3-2-9(8-11(10)15)22(19,20)17-6-1-7-21-12(16)18/h2-3,8,17H,1,4-7H2,(H2,16,18). The third-order valence-electron chi connectivity index (χ3n) is 3.28. The molecule has 22 heavy (non-hydrogen) atoms. The minimum absolute atomic E-state index is 0.0112. The summed E-state index contributed by atoms with van der Waals surface area (Å²) in [7, 11) is -3.80. The number of ether oxygens (including phenoxy) is 1. The second-order valence-corrected chi connectivity index (χ2v) is 8.31. The van der Waals surface area contributed by atoms with Gasteiger partial charge in [-0.1, -0.05) is 22.0 Å². The Morgan fingerprint density at radius 2 is 2.14 bits per heavy atom. The van der Waals surface area contributed by atoms with Gasteiger partial charge in [-0.3, -0.25) is 0 Å². The van der Waals surface area contributed by atoms with Gasteiger partial charge >= 0.3 is 6.09 Å². The van der Waals surface area contributed by atoms with E-state index in [4.69, 9.17) is 5.73 Å². The van der Waals surface area contributed by atoms with E-state index in [0.29, 0.717) is 5.56 Å². The number of hydrogen-bond donors (Lipinski definition) is 2. The number of amides is 1. The van der Waals surface area contributed by atoms with Crippen molar-refractivity contribution in [3.05, 3.63) is 29.6 Å². The molecule has 1 fully saturated rings. The van der Waals surface area contributed by atoms with Crippen LogP contribution in [0.2, 0.25) is 0 Å². The summed E-state index contributed by atoms with van der Waals surface area (Å²) in [5.74, 6) is -0.547. The number of carbonyl (C=O) groups is 1. The van der Waals surface area contributed by atoms with Crippen LogP contribution >= 0.6 is 15.9 Å². The fourth-order valence-electron chi connectivity index (χ4n) is 1.94. The van der Waals surface area contributed by atoms with Gasteiger partial charge < -0.3 is 10.5 Å². The van der Waals surface area contributed by atoms with Gasteiger partial charge in [0.05, 0.1) is 15.8 Å². The Kier molecular flexibility index (Phi) is 5.08. The quantitative estimate of drug-likeness (QED) is 0.545. The topological polar surface area (TPSA) is 98.5 Å². The summed E-state index contributed by atoms with van der Waals surface area (Å²) in [6, 6.07) is 3.88. The van der Waals surface area contributed by atoms with Crippen molar-refractivity contribution < 1.29 is 22.3 Å². The van der Waals surface area contributed by atoms with Crippen molar-refractivity contribution in [3.63, 3.8) is 0 Å². The zero-order chi connectivity index (χ0) is 16.4. The highest BCUT2D eigenvalue weighted by molar-refractivity contribution is 9.09. The second kappa shape index (κ2) is 6.51. The third kappa shape index (κ3) is 4.17. The van der Waals surface area contributed by atoms with Gasteiger partial charge in [-0.15, -0.1) is 0 Å². The predicted molar refractivity (Wildman–Crippen MR) is 81.6 cm³/mol. The maximum absolute atomic E-state index is 14.1. The first-order chi connectivity index (χ1) is 10.2. The highest BCUT2D eigenvalue weighted by Gasteiger charge is 2.43. The Morgan fingerprint density at radius 3 is 2.68 bits per heavy atom. The van der Waals surface area contributed by atoms with Crippen LogP contribution in [0, 0.1) is 5.82 Å². The molecule has 1 amide bonds. The van der Waals surface area contributed by atoms with Crippen molar-refractivity contribution in [2.45, 2.75) is 28.5 Å². The van der Waals surface area contributed by atoms with E-state index in [9.17, 15) is 17.6 Å². The molecule has 1 aliphatic carbocycles. The van der Waals surface area contributed by atoms with Crippen LogP contribution < -0.4 is 10.5 Å². The van der Waals surface area contributed by atoms with Crippen LogP contribution in [0.5, 0.6) is 0 Å². The molecule has 122 valence electrons. The van der Waals surface area contributed by atoms with E-state index in [1.807, 2.05) is 0 Å². The minimum Gasteiger partial charge on any atom is -0.450 e. The monoisotopic (exact) mass is 394 g/mol. The Hall–Kier alpha value is -1.19. The highest BCUT2D eigenvalue weighted by atomic mass is 79.9. The lowest BCUT2D eigenvalue weighted by molar-refractivity contribution is 0.156. The summed E-state index contributed by atoms with van der Waals surface area (Å²) in [6.45, 7) is 0.0681. The Bertz CT molecular complexity index is 677. The molecule has 0 atom stereocenters. The first kappa shape index (κ1) is 17.2. The normalized spacial score (nSPS) is 16.3. The first-order valence-electron chi connectivity index (χ1n) is 6.65. The van der Waals surface area contributed by atoms with Crippen LogP contribution in [-0.2, 0) is 19.1 Å². The van der Waals surface area contributed by atoms with Gasteiger partial charge in [0.1, 0.15) is 5.82 Å². The molecule has 0 heterocycles. The molecule has 0 bridgehead atoms. The molecule has 0 aliphatic heterocycles. The molecule has 0 radical (unpaired) electrons. The zero-order valence-electron chi connectivity index (χ0n) is 11.6. The van der Waals surface area contributed by atoms with Gasteiger partial charge in [-0.05, 0) is 31.4 Å². The number of sulfonamides is 1. The molecule has 1 aromatic rings. The van der Waals surface area contributed by atoms with E-state index in [1.165, 1.54) is 12.1 Å². The van der Waals surface area contributed by atoms with Gasteiger partial charge in [0.25, 0.3) is 0 Å². The van der Waals surface area contributed by atoms with E-state index >= 15 is 0 Å². The number of nitrogens with two attached hydrogens (primary N) is 1. The van der Waals surface area contributed by atoms with Gasteiger partial charge in [0, 0.05) is 12.1 Å². The Morgan fingerprint density at radius 1 is 1.45 bits per heavy atom. The van der Waals surface area contributed by atoms with E-state index < -0.39 is 21.9 Å². The summed E-state index contributed by atoms with van der Waals surface area (Å²) in [4.78, 5) is 10.2. The molecule has 0 unspecified atom stereocenters. The lowest BCUT2D eigenvalue weighted by atomic mass is 10.1. The number of nitrogens with one attached hydrogen (secondary N) is 1. The Labute approximate surface area is 136 Å². The number of alkyl halides is 1. The SMILES string of the molecule is NC(=O)OCCCNS(=O)(=O)c1ccc(C2(Br)CC2)c(F)c1. The average Bonchev–Trinajstić information content (AvgIpc) is 3.16. The maximum Gasteiger partial charge on any atom is 0.404 e. The summed E-state index contributed by atoms with van der Waals surface area (Å²) in [5, 5.41) is 0. The average molecular weight is 395 g/mol. The molecule has 6 nitrogen and oxygen atoms in total. The number of carbonyl (C=O) groups excluding carboxylic acids is 1. The van der Waals surface area contributed by atoms with Crippen LogP contribution in [0.15, 0.2) is 23.1 Å². The van der Waals surface area contributed by atoms with Crippen molar-refractivity contribution in [3.8, 4) is 0 Å². The number of primary amides is 1. The van der Waals surface area contributed by atoms with Crippen molar-refractivity contribution in [2.24, 2.45) is 5.73 Å². The van der Waals surface area contributed by atoms with Crippen molar-refractivity contribution in [1.29, 1.82) is 0 Å². The van der Waals surface area contributed by atoms with Crippen molar-refractivity contribution in [2.75, 3.05) is 13.2 Å². The smallest absolute Gasteiger partial charge is 0.404 e. The predicted octanol–water partition coefficient (Wildman–Crippen LogP) is 1.97. The summed E-state index contributed by atoms with van der Waals surface area (Å²) in [5.41, 5.74) is 5.25. The van der Waals surface area contributed by atoms with E-state index in [1.54, 1.807) is 0 Å². The molecule has 0 aromatic heterocycles. The lowest BCUT2D eigenvalue weighted by Crippen LogP contribution is -2.26. The lowest BCUT2D eigenvalue weighted by Gasteiger charge is -2.11. The van der Waals surface area contributed by atoms with Crippen LogP contribution in [-0.4, -0.2) is 27.7 Å². The van der Waals surface area contributed by atoms with Crippen LogP contribution in [0.3, 0.4) is 0 Å². The Balaban J connectivity index is 1.97. The third-order valence-corrected chi connectivity index (χ3v) is 5.96. The van der Waals surface area contributed by atoms with Crippen LogP contribution in [0.1, 0.15) is 24.8 Å². The van der Waals surface area contributed by atoms with Crippen LogP contribution in [0.25, 0.3) is 0 Å². The zero-order valence-corrected chi connectivity index (χ0v) is 14.0. The number of hydrogen-bond acceptors (Lipinski definition) is 4. The fourth-order valence-corrected chi connectivity index (χ4v) is 3.55. The second-order valence-electron chi connectivity index (χ2n) is 5.03. The molecular weight excluding hydrogens is 379 g/mol. The first-order valence-corrected chi connectivity index (χ1v) is 8.93. The number of halogens is 2. The molecule has 1 aromatic carbocycles. The molecule has 2 rings (SSSR count). The van der Waals surface area contributed by atoms with E-state index in [0.717, 1.165) is 18.9 Å². The largest absolute Gasteiger partial charge is 0.450 e. The van der Waals surface area contributed by atoms with Gasteiger partial charge in [-0.25, -0.2) is 22.3 Å². The summed E-state index contributed by atoms with van der Waals surface area (Å²) in [6.07, 6.45) is 1.01. The van der Waals surface area contributed by atoms with Gasteiger partial charge in [0.2, 0.25) is 10.0 Å². The molecule has 3 N–H and O–H groups in total. The molecule has 0 saturated heterocycles. The fraction of sp³-hybridized carbons (Fsp3) is 0.462. The molecule has 1 aliphatic rings. The summed E-state index contributed by atoms with van der Waals surface area (Å²) < 4.78 is 44.6. The van der Waals surface area contributed by atoms with Gasteiger partial charge in [-0.2, -0.15) is 0 Å². The van der Waals surface area contributed by atoms with Crippen molar-refractivity contribution in [1.82, 2.24) is 4.72 Å². The van der Waals surface area contributed by atoms with Crippen LogP contribution in [0.4, 0.5) is 9.18 Å². The van der Waals surface area contributed by atoms with Gasteiger partial charge in [0.15, 0.2) is 0 Å². The van der Waals surface area contributed by atoms with E-state index in [2.05, 4.69) is 25.4 Å². The molecular formula is C13H16BrFN2O4S. The molecule has 1 saturated carbocycles. The summed E-state index contributed by atoms with van der Waals surface area (Å²) >= 11 is 3.44. The molecule has 9 heteroatoms. The maximum atomic E-state index is 14.1. The number of benzene rings is 1. The number of rotatable bonds is 7. The molecule has 0 spiro atoms. The van der Waals surface area contributed by atoms with E-state index in [-0.39, 0.29) is 28.8 Å². The minimum atomic E-state index is -3.80.